The van der Waals surface area contributed by atoms with E-state index in [2.05, 4.69) is 21.0 Å². The Hall–Kier alpha value is -1.53. The highest BCUT2D eigenvalue weighted by atomic mass is 79.9. The van der Waals surface area contributed by atoms with Gasteiger partial charge in [-0.05, 0) is 41.1 Å². The molecule has 1 aromatic carbocycles. The molecule has 1 heterocycles. The second kappa shape index (κ2) is 5.85. The second-order valence-electron chi connectivity index (χ2n) is 4.22. The first-order chi connectivity index (χ1) is 9.40. The highest BCUT2D eigenvalue weighted by molar-refractivity contribution is 9.10. The molecule has 0 bridgehead atoms. The summed E-state index contributed by atoms with van der Waals surface area (Å²) in [7, 11) is 1.76. The minimum absolute atomic E-state index is 0.194. The van der Waals surface area contributed by atoms with E-state index in [0.717, 1.165) is 11.3 Å². The number of aromatic carboxylic acids is 1. The molecule has 7 heteroatoms. The molecule has 0 aliphatic heterocycles. The maximum Gasteiger partial charge on any atom is 0.335 e. The highest BCUT2D eigenvalue weighted by Crippen LogP contribution is 2.28. The topological polar surface area (TPSA) is 64.4 Å². The molecule has 0 aliphatic carbocycles. The maximum atomic E-state index is 10.8. The summed E-state index contributed by atoms with van der Waals surface area (Å²) in [6, 6.07) is 4.59. The highest BCUT2D eigenvalue weighted by Gasteiger charge is 2.13. The SMILES string of the molecule is Cc1nn(C)c(Cl)c1COc1ccc(C(=O)O)cc1Br. The van der Waals surface area contributed by atoms with Crippen molar-refractivity contribution in [3.8, 4) is 5.75 Å². The van der Waals surface area contributed by atoms with Crippen molar-refractivity contribution < 1.29 is 14.6 Å². The van der Waals surface area contributed by atoms with Crippen LogP contribution in [0, 0.1) is 6.92 Å². The fraction of sp³-hybridized carbons (Fsp3) is 0.231. The minimum Gasteiger partial charge on any atom is -0.488 e. The summed E-state index contributed by atoms with van der Waals surface area (Å²) in [5.74, 6) is -0.433. The van der Waals surface area contributed by atoms with Gasteiger partial charge in [-0.15, -0.1) is 0 Å². The molecule has 5 nitrogen and oxygen atoms in total. The van der Waals surface area contributed by atoms with E-state index >= 15 is 0 Å². The van der Waals surface area contributed by atoms with Crippen LogP contribution in [-0.2, 0) is 13.7 Å². The van der Waals surface area contributed by atoms with Crippen LogP contribution in [0.2, 0.25) is 5.15 Å². The van der Waals surface area contributed by atoms with E-state index < -0.39 is 5.97 Å². The largest absolute Gasteiger partial charge is 0.488 e. The first-order valence-corrected chi connectivity index (χ1v) is 6.91. The number of halogens is 2. The predicted octanol–water partition coefficient (Wildman–Crippen LogP) is 3.42. The Morgan fingerprint density at radius 1 is 1.55 bits per heavy atom. The number of benzene rings is 1. The van der Waals surface area contributed by atoms with Gasteiger partial charge in [-0.25, -0.2) is 4.79 Å². The number of carboxylic acid groups (broad SMARTS) is 1. The van der Waals surface area contributed by atoms with Crippen molar-refractivity contribution in [2.24, 2.45) is 7.05 Å². The van der Waals surface area contributed by atoms with Gasteiger partial charge in [0.05, 0.1) is 15.7 Å². The van der Waals surface area contributed by atoms with Gasteiger partial charge in [0.15, 0.2) is 0 Å². The fourth-order valence-electron chi connectivity index (χ4n) is 1.74. The molecule has 20 heavy (non-hydrogen) atoms. The summed E-state index contributed by atoms with van der Waals surface area (Å²) in [6.07, 6.45) is 0. The first kappa shape index (κ1) is 14.9. The van der Waals surface area contributed by atoms with Gasteiger partial charge in [-0.3, -0.25) is 4.68 Å². The molecule has 0 fully saturated rings. The van der Waals surface area contributed by atoms with Crippen molar-refractivity contribution in [3.63, 3.8) is 0 Å². The van der Waals surface area contributed by atoms with Crippen molar-refractivity contribution in [2.75, 3.05) is 0 Å². The molecule has 0 atom stereocenters. The lowest BCUT2D eigenvalue weighted by Gasteiger charge is -2.08. The van der Waals surface area contributed by atoms with Gasteiger partial charge < -0.3 is 9.84 Å². The van der Waals surface area contributed by atoms with Gasteiger partial charge >= 0.3 is 5.97 Å². The van der Waals surface area contributed by atoms with Gasteiger partial charge in [0.25, 0.3) is 0 Å². The lowest BCUT2D eigenvalue weighted by Crippen LogP contribution is -2.00. The molecular weight excluding hydrogens is 348 g/mol. The third-order valence-corrected chi connectivity index (χ3v) is 3.91. The van der Waals surface area contributed by atoms with E-state index in [4.69, 9.17) is 21.4 Å². The van der Waals surface area contributed by atoms with Crippen molar-refractivity contribution in [1.29, 1.82) is 0 Å². The van der Waals surface area contributed by atoms with E-state index in [0.29, 0.717) is 15.4 Å². The molecule has 2 rings (SSSR count). The molecule has 106 valence electrons. The van der Waals surface area contributed by atoms with Crippen LogP contribution in [0.25, 0.3) is 0 Å². The van der Waals surface area contributed by atoms with Crippen molar-refractivity contribution in [1.82, 2.24) is 9.78 Å². The molecule has 0 saturated heterocycles. The minimum atomic E-state index is -0.983. The third-order valence-electron chi connectivity index (χ3n) is 2.82. The Kier molecular flexibility index (Phi) is 4.35. The summed E-state index contributed by atoms with van der Waals surface area (Å²) < 4.78 is 7.82. The van der Waals surface area contributed by atoms with Crippen molar-refractivity contribution >= 4 is 33.5 Å². The second-order valence-corrected chi connectivity index (χ2v) is 5.43. The molecule has 0 saturated carbocycles. The Labute approximate surface area is 129 Å². The van der Waals surface area contributed by atoms with Crippen molar-refractivity contribution in [3.05, 3.63) is 44.6 Å². The Bertz CT molecular complexity index is 670. The maximum absolute atomic E-state index is 10.8. The number of hydrogen-bond donors (Lipinski definition) is 1. The number of rotatable bonds is 4. The summed E-state index contributed by atoms with van der Waals surface area (Å²) in [6.45, 7) is 2.12. The van der Waals surface area contributed by atoms with Crippen LogP contribution in [0.15, 0.2) is 22.7 Å². The van der Waals surface area contributed by atoms with E-state index in [1.54, 1.807) is 17.8 Å². The fourth-order valence-corrected chi connectivity index (χ4v) is 2.46. The van der Waals surface area contributed by atoms with Crippen LogP contribution < -0.4 is 4.74 Å². The molecule has 1 aromatic heterocycles. The summed E-state index contributed by atoms with van der Waals surface area (Å²) in [4.78, 5) is 10.8. The molecular formula is C13H12BrClN2O3. The zero-order valence-corrected chi connectivity index (χ0v) is 13.2. The van der Waals surface area contributed by atoms with Crippen LogP contribution in [0.5, 0.6) is 5.75 Å². The predicted molar refractivity (Wildman–Crippen MR) is 78.4 cm³/mol. The number of carbonyl (C=O) groups is 1. The monoisotopic (exact) mass is 358 g/mol. The molecule has 0 spiro atoms. The smallest absolute Gasteiger partial charge is 0.335 e. The molecule has 0 aliphatic rings. The summed E-state index contributed by atoms with van der Waals surface area (Å²) >= 11 is 9.41. The van der Waals surface area contributed by atoms with Gasteiger partial charge in [0.1, 0.15) is 17.5 Å². The molecule has 0 unspecified atom stereocenters. The Morgan fingerprint density at radius 2 is 2.25 bits per heavy atom. The van der Waals surface area contributed by atoms with Gasteiger partial charge in [-0.1, -0.05) is 11.6 Å². The number of aromatic nitrogens is 2. The lowest BCUT2D eigenvalue weighted by atomic mass is 10.2. The number of nitrogens with zero attached hydrogens (tertiary/aromatic N) is 2. The third kappa shape index (κ3) is 2.96. The molecule has 0 amide bonds. The summed E-state index contributed by atoms with van der Waals surface area (Å²) in [5.41, 5.74) is 1.80. The first-order valence-electron chi connectivity index (χ1n) is 5.73. The Morgan fingerprint density at radius 3 is 2.75 bits per heavy atom. The van der Waals surface area contributed by atoms with E-state index in [1.165, 1.54) is 12.1 Å². The van der Waals surface area contributed by atoms with Crippen molar-refractivity contribution in [2.45, 2.75) is 13.5 Å². The van der Waals surface area contributed by atoms with Crippen LogP contribution in [-0.4, -0.2) is 20.9 Å². The van der Waals surface area contributed by atoms with Crippen LogP contribution in [0.3, 0.4) is 0 Å². The average Bonchev–Trinajstić information content (AvgIpc) is 2.62. The molecule has 2 aromatic rings. The Balaban J connectivity index is 2.17. The van der Waals surface area contributed by atoms with Gasteiger partial charge in [0, 0.05) is 12.6 Å². The van der Waals surface area contributed by atoms with E-state index in [1.807, 2.05) is 6.92 Å². The molecule has 0 radical (unpaired) electrons. The zero-order valence-electron chi connectivity index (χ0n) is 10.9. The van der Waals surface area contributed by atoms with Gasteiger partial charge in [0.2, 0.25) is 0 Å². The average molecular weight is 360 g/mol. The quantitative estimate of drug-likeness (QED) is 0.908. The standard InChI is InChI=1S/C13H12BrClN2O3/c1-7-9(12(15)17(2)16-7)6-20-11-4-3-8(13(18)19)5-10(11)14/h3-5H,6H2,1-2H3,(H,18,19). The normalized spacial score (nSPS) is 10.6. The summed E-state index contributed by atoms with van der Waals surface area (Å²) in [5, 5.41) is 13.6. The van der Waals surface area contributed by atoms with E-state index in [9.17, 15) is 4.79 Å². The van der Waals surface area contributed by atoms with Crippen LogP contribution in [0.1, 0.15) is 21.6 Å². The lowest BCUT2D eigenvalue weighted by molar-refractivity contribution is 0.0696. The zero-order chi connectivity index (χ0) is 14.9. The van der Waals surface area contributed by atoms with E-state index in [-0.39, 0.29) is 12.2 Å². The van der Waals surface area contributed by atoms with Gasteiger partial charge in [-0.2, -0.15) is 5.10 Å². The number of hydrogen-bond acceptors (Lipinski definition) is 3. The number of aryl methyl sites for hydroxylation is 2. The van der Waals surface area contributed by atoms with Crippen LogP contribution in [0.4, 0.5) is 0 Å². The van der Waals surface area contributed by atoms with Crippen LogP contribution >= 0.6 is 27.5 Å². The molecule has 1 N–H and O–H groups in total. The number of ether oxygens (including phenoxy) is 1. The number of carboxylic acids is 1.